The molecule has 0 aromatic heterocycles. The fourth-order valence-electron chi connectivity index (χ4n) is 6.72. The van der Waals surface area contributed by atoms with E-state index in [0.717, 1.165) is 31.8 Å². The Morgan fingerprint density at radius 1 is 1.27 bits per heavy atom. The first-order chi connectivity index (χ1) is 10.5. The molecule has 2 saturated heterocycles. The molecule has 0 unspecified atom stereocenters. The summed E-state index contributed by atoms with van der Waals surface area (Å²) < 4.78 is 5.79. The number of carbonyl (C=O) groups excluding carboxylic acids is 1. The van der Waals surface area contributed by atoms with Gasteiger partial charge in [0.2, 0.25) is 0 Å². The lowest BCUT2D eigenvalue weighted by atomic mass is 9.48. The molecule has 0 aromatic carbocycles. The van der Waals surface area contributed by atoms with Crippen molar-refractivity contribution in [2.75, 3.05) is 13.1 Å². The van der Waals surface area contributed by atoms with Crippen molar-refractivity contribution >= 4 is 5.97 Å². The van der Waals surface area contributed by atoms with Gasteiger partial charge in [0.05, 0.1) is 6.10 Å². The molecule has 22 heavy (non-hydrogen) atoms. The molecule has 124 valence electrons. The van der Waals surface area contributed by atoms with Crippen molar-refractivity contribution in [1.29, 1.82) is 0 Å². The van der Waals surface area contributed by atoms with Gasteiger partial charge in [-0.3, -0.25) is 9.69 Å². The quantitative estimate of drug-likeness (QED) is 0.755. The first-order valence-electron chi connectivity index (χ1n) is 9.11. The van der Waals surface area contributed by atoms with E-state index in [9.17, 15) is 9.90 Å². The highest BCUT2D eigenvalue weighted by Crippen LogP contribution is 2.60. The van der Waals surface area contributed by atoms with Crippen LogP contribution in [-0.2, 0) is 9.53 Å². The highest BCUT2D eigenvalue weighted by molar-refractivity contribution is 5.66. The van der Waals surface area contributed by atoms with Crippen LogP contribution in [-0.4, -0.2) is 46.8 Å². The maximum atomic E-state index is 11.6. The number of rotatable bonds is 1. The van der Waals surface area contributed by atoms with E-state index < -0.39 is 0 Å². The van der Waals surface area contributed by atoms with E-state index in [0.29, 0.717) is 17.8 Å². The Balaban J connectivity index is 1.74. The molecule has 0 radical (unpaired) electrons. The van der Waals surface area contributed by atoms with E-state index >= 15 is 0 Å². The van der Waals surface area contributed by atoms with E-state index in [2.05, 4.69) is 11.8 Å². The second-order valence-electron chi connectivity index (χ2n) is 8.37. The summed E-state index contributed by atoms with van der Waals surface area (Å²) in [6.07, 6.45) is 6.71. The molecule has 7 atom stereocenters. The van der Waals surface area contributed by atoms with Crippen molar-refractivity contribution in [3.63, 3.8) is 0 Å². The Morgan fingerprint density at radius 3 is 2.86 bits per heavy atom. The van der Waals surface area contributed by atoms with Crippen LogP contribution < -0.4 is 0 Å². The molecule has 0 aromatic rings. The van der Waals surface area contributed by atoms with Crippen LogP contribution in [0.1, 0.15) is 52.4 Å². The Labute approximate surface area is 133 Å². The van der Waals surface area contributed by atoms with E-state index in [-0.39, 0.29) is 23.7 Å². The summed E-state index contributed by atoms with van der Waals surface area (Å²) in [4.78, 5) is 14.2. The topological polar surface area (TPSA) is 49.8 Å². The predicted molar refractivity (Wildman–Crippen MR) is 83.2 cm³/mol. The minimum atomic E-state index is -0.168. The summed E-state index contributed by atoms with van der Waals surface area (Å²) in [6, 6.07) is 0. The summed E-state index contributed by atoms with van der Waals surface area (Å²) in [5, 5.41) is 10.4. The zero-order chi connectivity index (χ0) is 15.5. The summed E-state index contributed by atoms with van der Waals surface area (Å²) in [7, 11) is 0. The Bertz CT molecular complexity index is 467. The second-order valence-corrected chi connectivity index (χ2v) is 8.37. The number of esters is 1. The first-order valence-corrected chi connectivity index (χ1v) is 9.11. The Morgan fingerprint density at radius 2 is 2.09 bits per heavy atom. The minimum absolute atomic E-state index is 0.101. The molecule has 2 aliphatic carbocycles. The standard InChI is InChI=1S/C18H29NO3/c1-11-6-13-7-17(22-12(2)20)15-4-3-5-19-10-14(21)8-16(13)18(15,19)9-11/h11,13-17,21H,3-10H2,1-2H3/t11-,13+,14-,15-,16-,17-,18+/m1/s1. The van der Waals surface area contributed by atoms with Gasteiger partial charge in [-0.15, -0.1) is 0 Å². The summed E-state index contributed by atoms with van der Waals surface area (Å²) in [5.41, 5.74) is 0.193. The maximum absolute atomic E-state index is 11.6. The van der Waals surface area contributed by atoms with Gasteiger partial charge in [0.15, 0.2) is 0 Å². The number of nitrogens with zero attached hydrogens (tertiary/aromatic N) is 1. The van der Waals surface area contributed by atoms with Gasteiger partial charge in [-0.25, -0.2) is 0 Å². The summed E-state index contributed by atoms with van der Waals surface area (Å²) in [5.74, 6) is 2.31. The van der Waals surface area contributed by atoms with Crippen LogP contribution in [0.3, 0.4) is 0 Å². The smallest absolute Gasteiger partial charge is 0.302 e. The van der Waals surface area contributed by atoms with Crippen LogP contribution in [0.2, 0.25) is 0 Å². The number of aliphatic hydroxyl groups is 1. The van der Waals surface area contributed by atoms with Crippen molar-refractivity contribution in [3.05, 3.63) is 0 Å². The third kappa shape index (κ3) is 2.06. The minimum Gasteiger partial charge on any atom is -0.462 e. The number of β-amino-alcohol motifs (C(OH)–C–C–N with tert-alkyl or cyclic N) is 1. The van der Waals surface area contributed by atoms with Crippen molar-refractivity contribution in [3.8, 4) is 0 Å². The molecule has 2 heterocycles. The third-order valence-electron chi connectivity index (χ3n) is 7.02. The van der Waals surface area contributed by atoms with Gasteiger partial charge in [0.1, 0.15) is 6.10 Å². The molecular formula is C18H29NO3. The lowest BCUT2D eigenvalue weighted by Crippen LogP contribution is -2.74. The summed E-state index contributed by atoms with van der Waals surface area (Å²) in [6.45, 7) is 5.86. The number of aliphatic hydroxyl groups excluding tert-OH is 1. The Kier molecular flexibility index (Phi) is 3.53. The molecule has 4 aliphatic rings. The number of hydrogen-bond donors (Lipinski definition) is 1. The average molecular weight is 307 g/mol. The molecule has 4 fully saturated rings. The van der Waals surface area contributed by atoms with Gasteiger partial charge in [-0.2, -0.15) is 0 Å². The number of carbonyl (C=O) groups is 1. The molecule has 2 aliphatic heterocycles. The second kappa shape index (κ2) is 5.20. The Hall–Kier alpha value is -0.610. The molecule has 4 nitrogen and oxygen atoms in total. The number of ether oxygens (including phenoxy) is 1. The van der Waals surface area contributed by atoms with Crippen LogP contribution in [0, 0.1) is 23.7 Å². The van der Waals surface area contributed by atoms with Gasteiger partial charge in [0.25, 0.3) is 0 Å². The number of piperidine rings is 2. The molecule has 4 heteroatoms. The lowest BCUT2D eigenvalue weighted by molar-refractivity contribution is -0.220. The van der Waals surface area contributed by atoms with Crippen LogP contribution >= 0.6 is 0 Å². The van der Waals surface area contributed by atoms with Crippen molar-refractivity contribution in [1.82, 2.24) is 4.90 Å². The number of hydrogen-bond acceptors (Lipinski definition) is 4. The van der Waals surface area contributed by atoms with Crippen molar-refractivity contribution < 1.29 is 14.6 Å². The van der Waals surface area contributed by atoms with Gasteiger partial charge < -0.3 is 9.84 Å². The lowest BCUT2D eigenvalue weighted by Gasteiger charge is -2.68. The third-order valence-corrected chi connectivity index (χ3v) is 7.02. The predicted octanol–water partition coefficient (Wildman–Crippen LogP) is 2.20. The normalized spacial score (nSPS) is 51.0. The van der Waals surface area contributed by atoms with E-state index in [4.69, 9.17) is 4.74 Å². The van der Waals surface area contributed by atoms with Crippen molar-refractivity contribution in [2.45, 2.75) is 70.1 Å². The molecule has 2 saturated carbocycles. The van der Waals surface area contributed by atoms with Gasteiger partial charge in [-0.05, 0) is 62.8 Å². The molecule has 2 bridgehead atoms. The van der Waals surface area contributed by atoms with E-state index in [1.54, 1.807) is 6.92 Å². The van der Waals surface area contributed by atoms with Gasteiger partial charge in [0, 0.05) is 24.9 Å². The van der Waals surface area contributed by atoms with E-state index in [1.165, 1.54) is 25.7 Å². The van der Waals surface area contributed by atoms with E-state index in [1.807, 2.05) is 0 Å². The fraction of sp³-hybridized carbons (Fsp3) is 0.944. The zero-order valence-corrected chi connectivity index (χ0v) is 13.8. The zero-order valence-electron chi connectivity index (χ0n) is 13.8. The van der Waals surface area contributed by atoms with Crippen LogP contribution in [0.4, 0.5) is 0 Å². The first kappa shape index (κ1) is 14.9. The fourth-order valence-corrected chi connectivity index (χ4v) is 6.72. The van der Waals surface area contributed by atoms with Crippen LogP contribution in [0.15, 0.2) is 0 Å². The molecule has 4 rings (SSSR count). The summed E-state index contributed by atoms with van der Waals surface area (Å²) >= 11 is 0. The van der Waals surface area contributed by atoms with Gasteiger partial charge >= 0.3 is 5.97 Å². The largest absolute Gasteiger partial charge is 0.462 e. The molecule has 0 amide bonds. The van der Waals surface area contributed by atoms with Gasteiger partial charge in [-0.1, -0.05) is 6.92 Å². The van der Waals surface area contributed by atoms with Crippen LogP contribution in [0.5, 0.6) is 0 Å². The monoisotopic (exact) mass is 307 g/mol. The highest BCUT2D eigenvalue weighted by atomic mass is 16.5. The SMILES string of the molecule is CC(=O)O[C@@H]1C[C@@H]2C[C@@H](C)C[C@]34[C@@H]2C[C@@H](O)CN3CCC[C@H]14. The average Bonchev–Trinajstić information content (AvgIpc) is 2.42. The maximum Gasteiger partial charge on any atom is 0.302 e. The molecular weight excluding hydrogens is 278 g/mol. The van der Waals surface area contributed by atoms with Crippen LogP contribution in [0.25, 0.3) is 0 Å². The van der Waals surface area contributed by atoms with Crippen molar-refractivity contribution in [2.24, 2.45) is 23.7 Å². The highest BCUT2D eigenvalue weighted by Gasteiger charge is 2.64. The molecule has 1 N–H and O–H groups in total. The molecule has 1 spiro atoms.